The van der Waals surface area contributed by atoms with Gasteiger partial charge in [0.1, 0.15) is 19.7 Å². The number of ether oxygens (including phenoxy) is 4. The van der Waals surface area contributed by atoms with Crippen LogP contribution in [0.4, 0.5) is 0 Å². The molecular weight excluding hydrogens is 468 g/mol. The summed E-state index contributed by atoms with van der Waals surface area (Å²) in [7, 11) is 0. The van der Waals surface area contributed by atoms with E-state index in [1.165, 1.54) is 6.92 Å². The highest BCUT2D eigenvalue weighted by molar-refractivity contribution is 5.88. The Hall–Kier alpha value is -2.79. The lowest BCUT2D eigenvalue weighted by molar-refractivity contribution is -0.267. The van der Waals surface area contributed by atoms with E-state index in [1.54, 1.807) is 0 Å². The number of Topliss-reactive ketones (excluding diaryl/α,β-unsaturated/α-hetero) is 1. The number of benzene rings is 2. The van der Waals surface area contributed by atoms with Gasteiger partial charge in [0.25, 0.3) is 0 Å². The predicted octanol–water partition coefficient (Wildman–Crippen LogP) is 5.20. The van der Waals surface area contributed by atoms with Gasteiger partial charge in [0, 0.05) is 6.42 Å². The van der Waals surface area contributed by atoms with Crippen LogP contribution in [0.15, 0.2) is 72.8 Å². The second kappa shape index (κ2) is 14.2. The van der Waals surface area contributed by atoms with E-state index < -0.39 is 17.3 Å². The van der Waals surface area contributed by atoms with Gasteiger partial charge in [-0.15, -0.1) is 0 Å². The van der Waals surface area contributed by atoms with Crippen molar-refractivity contribution in [2.24, 2.45) is 5.92 Å². The number of hydrogen-bond acceptors (Lipinski definition) is 6. The highest BCUT2D eigenvalue weighted by Gasteiger charge is 2.63. The summed E-state index contributed by atoms with van der Waals surface area (Å²) in [6.07, 6.45) is 4.33. The molecule has 6 heteroatoms. The molecule has 0 saturated heterocycles. The molecule has 6 nitrogen and oxygen atoms in total. The molecule has 4 unspecified atom stereocenters. The molecule has 1 aliphatic carbocycles. The molecule has 2 aromatic carbocycles. The lowest BCUT2D eigenvalue weighted by Crippen LogP contribution is -2.70. The maximum atomic E-state index is 13.1. The fourth-order valence-corrected chi connectivity index (χ4v) is 4.69. The first-order chi connectivity index (χ1) is 17.9. The van der Waals surface area contributed by atoms with Crippen LogP contribution in [-0.4, -0.2) is 41.8 Å². The van der Waals surface area contributed by atoms with Crippen LogP contribution in [0.5, 0.6) is 0 Å². The van der Waals surface area contributed by atoms with Gasteiger partial charge in [-0.3, -0.25) is 4.79 Å². The molecule has 0 aromatic heterocycles. The van der Waals surface area contributed by atoms with Gasteiger partial charge in [-0.1, -0.05) is 91.6 Å². The minimum absolute atomic E-state index is 0.0543. The molecule has 0 heterocycles. The lowest BCUT2D eigenvalue weighted by Gasteiger charge is -2.51. The topological polar surface area (TPSA) is 74.2 Å². The van der Waals surface area contributed by atoms with Crippen LogP contribution in [0.25, 0.3) is 0 Å². The van der Waals surface area contributed by atoms with E-state index in [2.05, 4.69) is 11.8 Å². The van der Waals surface area contributed by atoms with Crippen LogP contribution in [0, 0.1) is 17.8 Å². The third kappa shape index (κ3) is 7.38. The van der Waals surface area contributed by atoms with Crippen molar-refractivity contribution in [3.63, 3.8) is 0 Å². The number of rotatable bonds is 12. The van der Waals surface area contributed by atoms with Gasteiger partial charge in [-0.2, -0.15) is 0 Å². The maximum absolute atomic E-state index is 13.1. The molecule has 0 radical (unpaired) electrons. The van der Waals surface area contributed by atoms with E-state index in [1.807, 2.05) is 86.7 Å². The Labute approximate surface area is 220 Å². The number of allylic oxidation sites excluding steroid dienone is 2. The summed E-state index contributed by atoms with van der Waals surface area (Å²) < 4.78 is 23.7. The molecule has 1 fully saturated rings. The Kier molecular flexibility index (Phi) is 11.1. The molecule has 198 valence electrons. The van der Waals surface area contributed by atoms with Crippen LogP contribution in [0.1, 0.15) is 51.2 Å². The monoisotopic (exact) mass is 506 g/mol. The van der Waals surface area contributed by atoms with Crippen LogP contribution >= 0.6 is 0 Å². The van der Waals surface area contributed by atoms with Gasteiger partial charge < -0.3 is 24.1 Å². The Morgan fingerprint density at radius 1 is 1.03 bits per heavy atom. The number of carbonyl (C=O) groups excluding carboxylic acids is 1. The Bertz CT molecular complexity index is 1060. The maximum Gasteiger partial charge on any atom is 0.188 e. The minimum atomic E-state index is -1.88. The van der Waals surface area contributed by atoms with Gasteiger partial charge in [0.05, 0.1) is 13.2 Å². The average molecular weight is 507 g/mol. The molecule has 4 atom stereocenters. The number of ketones is 1. The molecule has 0 spiro atoms. The zero-order chi connectivity index (χ0) is 26.6. The Morgan fingerprint density at radius 2 is 1.62 bits per heavy atom. The fourth-order valence-electron chi connectivity index (χ4n) is 4.69. The van der Waals surface area contributed by atoms with E-state index >= 15 is 0 Å². The van der Waals surface area contributed by atoms with Crippen LogP contribution in [-0.2, 0) is 37.0 Å². The van der Waals surface area contributed by atoms with E-state index in [0.29, 0.717) is 32.5 Å². The van der Waals surface area contributed by atoms with Crippen LogP contribution in [0.3, 0.4) is 0 Å². The Morgan fingerprint density at radius 3 is 2.19 bits per heavy atom. The van der Waals surface area contributed by atoms with Crippen molar-refractivity contribution in [1.29, 1.82) is 0 Å². The van der Waals surface area contributed by atoms with Crippen molar-refractivity contribution in [1.82, 2.24) is 0 Å². The SMILES string of the molecule is CC=CCC#CC1(O)C(OCOCc2ccccc2)C(C)CCC1(OCOCc1ccccc1)C(C)=O. The van der Waals surface area contributed by atoms with E-state index in [0.717, 1.165) is 11.1 Å². The number of carbonyl (C=O) groups is 1. The summed E-state index contributed by atoms with van der Waals surface area (Å²) in [5.41, 5.74) is -1.48. The molecule has 37 heavy (non-hydrogen) atoms. The van der Waals surface area contributed by atoms with E-state index in [-0.39, 0.29) is 25.3 Å². The molecule has 0 amide bonds. The standard InChI is InChI=1S/C31H38O6/c1-4-5-6-13-19-30(33)29(36-23-34-21-27-14-9-7-10-15-27)25(2)18-20-31(30,26(3)32)37-24-35-22-28-16-11-8-12-17-28/h4-5,7-12,14-17,25,29,33H,6,18,20-24H2,1-3H3. The summed E-state index contributed by atoms with van der Waals surface area (Å²) in [5, 5.41) is 12.1. The molecule has 1 saturated carbocycles. The van der Waals surface area contributed by atoms with Gasteiger partial charge in [0.15, 0.2) is 17.0 Å². The lowest BCUT2D eigenvalue weighted by atomic mass is 9.64. The minimum Gasteiger partial charge on any atom is -0.372 e. The van der Waals surface area contributed by atoms with Gasteiger partial charge >= 0.3 is 0 Å². The van der Waals surface area contributed by atoms with Crippen LogP contribution in [0.2, 0.25) is 0 Å². The van der Waals surface area contributed by atoms with Crippen molar-refractivity contribution >= 4 is 5.78 Å². The summed E-state index contributed by atoms with van der Waals surface area (Å²) in [4.78, 5) is 13.1. The Balaban J connectivity index is 1.78. The quantitative estimate of drug-likeness (QED) is 0.185. The third-order valence-electron chi connectivity index (χ3n) is 6.74. The highest BCUT2D eigenvalue weighted by Crippen LogP contribution is 2.45. The summed E-state index contributed by atoms with van der Waals surface area (Å²) in [5.74, 6) is 5.59. The van der Waals surface area contributed by atoms with Gasteiger partial charge in [-0.05, 0) is 43.7 Å². The average Bonchev–Trinajstić information content (AvgIpc) is 2.91. The second-order valence-electron chi connectivity index (χ2n) is 9.38. The highest BCUT2D eigenvalue weighted by atomic mass is 16.7. The van der Waals surface area contributed by atoms with Crippen molar-refractivity contribution in [2.75, 3.05) is 13.6 Å². The molecule has 3 rings (SSSR count). The normalized spacial score (nSPS) is 25.5. The van der Waals surface area contributed by atoms with Crippen molar-refractivity contribution < 1.29 is 28.8 Å². The van der Waals surface area contributed by atoms with Gasteiger partial charge in [-0.25, -0.2) is 0 Å². The van der Waals surface area contributed by atoms with Crippen molar-refractivity contribution in [2.45, 2.75) is 70.6 Å². The number of hydrogen-bond donors (Lipinski definition) is 1. The molecule has 0 bridgehead atoms. The van der Waals surface area contributed by atoms with Crippen molar-refractivity contribution in [3.05, 3.63) is 83.9 Å². The smallest absolute Gasteiger partial charge is 0.188 e. The van der Waals surface area contributed by atoms with E-state index in [4.69, 9.17) is 18.9 Å². The third-order valence-corrected chi connectivity index (χ3v) is 6.74. The summed E-state index contributed by atoms with van der Waals surface area (Å²) in [6.45, 7) is 5.78. The second-order valence-corrected chi connectivity index (χ2v) is 9.38. The fraction of sp³-hybridized carbons (Fsp3) is 0.452. The largest absolute Gasteiger partial charge is 0.372 e. The molecule has 1 N–H and O–H groups in total. The van der Waals surface area contributed by atoms with Gasteiger partial charge in [0.2, 0.25) is 0 Å². The van der Waals surface area contributed by atoms with Crippen LogP contribution < -0.4 is 0 Å². The first-order valence-corrected chi connectivity index (χ1v) is 12.8. The van der Waals surface area contributed by atoms with E-state index in [9.17, 15) is 9.90 Å². The molecule has 0 aliphatic heterocycles. The zero-order valence-electron chi connectivity index (χ0n) is 22.0. The summed E-state index contributed by atoms with van der Waals surface area (Å²) >= 11 is 0. The predicted molar refractivity (Wildman–Crippen MR) is 142 cm³/mol. The molecule has 2 aromatic rings. The summed E-state index contributed by atoms with van der Waals surface area (Å²) in [6, 6.07) is 19.5. The molecule has 1 aliphatic rings. The first-order valence-electron chi connectivity index (χ1n) is 12.8. The zero-order valence-corrected chi connectivity index (χ0v) is 22.0. The van der Waals surface area contributed by atoms with Crippen molar-refractivity contribution in [3.8, 4) is 11.8 Å². The first kappa shape index (κ1) is 28.8. The number of aliphatic hydroxyl groups is 1. The molecular formula is C31H38O6.